The molecule has 0 spiro atoms. The van der Waals surface area contributed by atoms with Gasteiger partial charge in [-0.1, -0.05) is 42.5 Å². The molecular weight excluding hydrogens is 319 g/mol. The zero-order chi connectivity index (χ0) is 17.4. The Morgan fingerprint density at radius 2 is 1.76 bits per heavy atom. The highest BCUT2D eigenvalue weighted by Crippen LogP contribution is 2.34. The van der Waals surface area contributed by atoms with Crippen molar-refractivity contribution in [1.82, 2.24) is 5.01 Å². The van der Waals surface area contributed by atoms with E-state index in [1.165, 1.54) is 24.1 Å². The van der Waals surface area contributed by atoms with Crippen molar-refractivity contribution in [3.63, 3.8) is 0 Å². The van der Waals surface area contributed by atoms with Gasteiger partial charge in [-0.25, -0.2) is 4.39 Å². The highest BCUT2D eigenvalue weighted by Gasteiger charge is 2.33. The van der Waals surface area contributed by atoms with Crippen LogP contribution in [0, 0.1) is 5.82 Å². The first-order chi connectivity index (χ1) is 12.1. The first kappa shape index (κ1) is 15.3. The number of carbonyl (C=O) groups is 1. The van der Waals surface area contributed by atoms with E-state index in [1.54, 1.807) is 12.1 Å². The van der Waals surface area contributed by atoms with Crippen molar-refractivity contribution in [1.29, 1.82) is 0 Å². The summed E-state index contributed by atoms with van der Waals surface area (Å²) in [6, 6.07) is 19.6. The van der Waals surface area contributed by atoms with Crippen LogP contribution in [-0.2, 0) is 9.53 Å². The van der Waals surface area contributed by atoms with Crippen molar-refractivity contribution in [3.05, 3.63) is 83.7 Å². The molecule has 25 heavy (non-hydrogen) atoms. The van der Waals surface area contributed by atoms with Gasteiger partial charge in [-0.2, -0.15) is 5.01 Å². The molecule has 1 atom stereocenters. The van der Waals surface area contributed by atoms with Crippen LogP contribution in [0.15, 0.2) is 71.8 Å². The van der Waals surface area contributed by atoms with Gasteiger partial charge in [-0.3, -0.25) is 4.79 Å². The quantitative estimate of drug-likeness (QED) is 0.704. The SMILES string of the molecule is CC(=O)N1N=C(c2ccc(F)cc2)O[C@@H]1c1cccc2ccccc12. The predicted octanol–water partition coefficient (Wildman–Crippen LogP) is 4.22. The summed E-state index contributed by atoms with van der Waals surface area (Å²) >= 11 is 0. The number of hydrogen-bond acceptors (Lipinski definition) is 3. The summed E-state index contributed by atoms with van der Waals surface area (Å²) in [4.78, 5) is 12.1. The van der Waals surface area contributed by atoms with E-state index in [0.717, 1.165) is 16.3 Å². The Morgan fingerprint density at radius 3 is 2.52 bits per heavy atom. The maximum absolute atomic E-state index is 13.1. The zero-order valence-electron chi connectivity index (χ0n) is 13.5. The minimum absolute atomic E-state index is 0.227. The monoisotopic (exact) mass is 334 g/mol. The number of hydrazone groups is 1. The normalized spacial score (nSPS) is 16.6. The Balaban J connectivity index is 1.77. The minimum Gasteiger partial charge on any atom is -0.446 e. The molecule has 0 aromatic heterocycles. The third-order valence-corrected chi connectivity index (χ3v) is 4.15. The molecule has 124 valence electrons. The van der Waals surface area contributed by atoms with Crippen LogP contribution in [0.2, 0.25) is 0 Å². The lowest BCUT2D eigenvalue weighted by atomic mass is 10.0. The number of hydrogen-bond donors (Lipinski definition) is 0. The van der Waals surface area contributed by atoms with E-state index in [0.29, 0.717) is 11.5 Å². The largest absolute Gasteiger partial charge is 0.446 e. The number of benzene rings is 3. The molecule has 0 unspecified atom stereocenters. The molecule has 1 heterocycles. The molecule has 5 heteroatoms. The maximum atomic E-state index is 13.1. The summed E-state index contributed by atoms with van der Waals surface area (Å²) in [6.07, 6.45) is -0.649. The third-order valence-electron chi connectivity index (χ3n) is 4.15. The highest BCUT2D eigenvalue weighted by molar-refractivity contribution is 5.97. The smallest absolute Gasteiger partial charge is 0.243 e. The third kappa shape index (κ3) is 2.74. The lowest BCUT2D eigenvalue weighted by Crippen LogP contribution is -2.25. The van der Waals surface area contributed by atoms with Crippen molar-refractivity contribution in [2.24, 2.45) is 5.10 Å². The average Bonchev–Trinajstić information content (AvgIpc) is 3.07. The molecule has 4 nitrogen and oxygen atoms in total. The lowest BCUT2D eigenvalue weighted by molar-refractivity contribution is -0.135. The highest BCUT2D eigenvalue weighted by atomic mass is 19.1. The number of nitrogens with zero attached hydrogens (tertiary/aromatic N) is 2. The van der Waals surface area contributed by atoms with Gasteiger partial charge in [-0.15, -0.1) is 5.10 Å². The fourth-order valence-corrected chi connectivity index (χ4v) is 2.94. The summed E-state index contributed by atoms with van der Waals surface area (Å²) < 4.78 is 19.1. The standard InChI is InChI=1S/C20H15FN2O2/c1-13(24)23-20(18-8-4-6-14-5-2-3-7-17(14)18)25-19(22-23)15-9-11-16(21)12-10-15/h2-12,20H,1H3/t20-/m1/s1. The fourth-order valence-electron chi connectivity index (χ4n) is 2.94. The molecule has 3 aromatic rings. The van der Waals surface area contributed by atoms with Crippen LogP contribution in [0.5, 0.6) is 0 Å². The van der Waals surface area contributed by atoms with Crippen molar-refractivity contribution >= 4 is 22.6 Å². The Kier molecular flexibility index (Phi) is 3.69. The Bertz CT molecular complexity index is 977. The number of amides is 1. The minimum atomic E-state index is -0.649. The van der Waals surface area contributed by atoms with Crippen LogP contribution < -0.4 is 0 Å². The van der Waals surface area contributed by atoms with Crippen molar-refractivity contribution in [2.45, 2.75) is 13.2 Å². The summed E-state index contributed by atoms with van der Waals surface area (Å²) in [5.41, 5.74) is 1.48. The molecule has 0 aliphatic carbocycles. The summed E-state index contributed by atoms with van der Waals surface area (Å²) in [7, 11) is 0. The molecule has 0 bridgehead atoms. The van der Waals surface area contributed by atoms with Gasteiger partial charge in [0.05, 0.1) is 0 Å². The molecule has 0 N–H and O–H groups in total. The van der Waals surface area contributed by atoms with E-state index in [4.69, 9.17) is 4.74 Å². The Hall–Kier alpha value is -3.21. The number of rotatable bonds is 2. The fraction of sp³-hybridized carbons (Fsp3) is 0.100. The van der Waals surface area contributed by atoms with Gasteiger partial charge in [0, 0.05) is 18.1 Å². The van der Waals surface area contributed by atoms with Crippen molar-refractivity contribution in [3.8, 4) is 0 Å². The zero-order valence-corrected chi connectivity index (χ0v) is 13.5. The van der Waals surface area contributed by atoms with Crippen LogP contribution in [0.3, 0.4) is 0 Å². The second kappa shape index (κ2) is 6.02. The van der Waals surface area contributed by atoms with Crippen molar-refractivity contribution in [2.75, 3.05) is 0 Å². The Morgan fingerprint density at radius 1 is 1.04 bits per heavy atom. The number of halogens is 1. The van der Waals surface area contributed by atoms with Gasteiger partial charge in [0.1, 0.15) is 5.82 Å². The average molecular weight is 334 g/mol. The number of fused-ring (bicyclic) bond motifs is 1. The van der Waals surface area contributed by atoms with Gasteiger partial charge in [0.2, 0.25) is 18.0 Å². The van der Waals surface area contributed by atoms with E-state index in [9.17, 15) is 9.18 Å². The predicted molar refractivity (Wildman–Crippen MR) is 93.2 cm³/mol. The van der Waals surface area contributed by atoms with Crippen LogP contribution in [0.4, 0.5) is 4.39 Å². The van der Waals surface area contributed by atoms with Crippen LogP contribution >= 0.6 is 0 Å². The summed E-state index contributed by atoms with van der Waals surface area (Å²) in [5.74, 6) is -0.264. The lowest BCUT2D eigenvalue weighted by Gasteiger charge is -2.20. The van der Waals surface area contributed by atoms with E-state index in [2.05, 4.69) is 5.10 Å². The maximum Gasteiger partial charge on any atom is 0.243 e. The van der Waals surface area contributed by atoms with Gasteiger partial charge >= 0.3 is 0 Å². The van der Waals surface area contributed by atoms with E-state index in [1.807, 2.05) is 42.5 Å². The van der Waals surface area contributed by atoms with Crippen LogP contribution in [-0.4, -0.2) is 16.8 Å². The first-order valence-corrected chi connectivity index (χ1v) is 7.92. The van der Waals surface area contributed by atoms with Gasteiger partial charge in [0.15, 0.2) is 0 Å². The molecule has 1 aliphatic heterocycles. The molecule has 1 amide bonds. The van der Waals surface area contributed by atoms with Gasteiger partial charge in [0.25, 0.3) is 0 Å². The Labute approximate surface area is 144 Å². The van der Waals surface area contributed by atoms with Crippen molar-refractivity contribution < 1.29 is 13.9 Å². The van der Waals surface area contributed by atoms with E-state index in [-0.39, 0.29) is 11.7 Å². The molecule has 0 saturated carbocycles. The second-order valence-electron chi connectivity index (χ2n) is 5.81. The molecule has 0 fully saturated rings. The molecule has 0 radical (unpaired) electrons. The number of carbonyl (C=O) groups excluding carboxylic acids is 1. The summed E-state index contributed by atoms with van der Waals surface area (Å²) in [6.45, 7) is 1.44. The molecule has 0 saturated heterocycles. The molecule has 4 rings (SSSR count). The second-order valence-corrected chi connectivity index (χ2v) is 5.81. The molecular formula is C20H15FN2O2. The van der Waals surface area contributed by atoms with Crippen LogP contribution in [0.1, 0.15) is 24.3 Å². The topological polar surface area (TPSA) is 41.9 Å². The number of ether oxygens (including phenoxy) is 1. The van der Waals surface area contributed by atoms with Crippen LogP contribution in [0.25, 0.3) is 10.8 Å². The van der Waals surface area contributed by atoms with E-state index < -0.39 is 6.23 Å². The van der Waals surface area contributed by atoms with Gasteiger partial charge < -0.3 is 4.74 Å². The van der Waals surface area contributed by atoms with E-state index >= 15 is 0 Å². The molecule has 1 aliphatic rings. The van der Waals surface area contributed by atoms with Gasteiger partial charge in [-0.05, 0) is 35.0 Å². The molecule has 3 aromatic carbocycles. The summed E-state index contributed by atoms with van der Waals surface area (Å²) in [5, 5.41) is 7.68. The first-order valence-electron chi connectivity index (χ1n) is 7.92.